The maximum absolute atomic E-state index is 5.59. The van der Waals surface area contributed by atoms with Crippen LogP contribution in [-0.2, 0) is 6.54 Å². The number of aromatic nitrogens is 5. The Balaban J connectivity index is 1.74. The number of rotatable bonds is 4. The predicted molar refractivity (Wildman–Crippen MR) is 76.7 cm³/mol. The summed E-state index contributed by atoms with van der Waals surface area (Å²) in [6.45, 7) is 9.81. The molecular formula is C14H22N6O. The van der Waals surface area contributed by atoms with Crippen LogP contribution in [0.5, 0.6) is 0 Å². The lowest BCUT2D eigenvalue weighted by Gasteiger charge is -2.28. The molecule has 3 rings (SSSR count). The van der Waals surface area contributed by atoms with Crippen molar-refractivity contribution in [2.24, 2.45) is 0 Å². The molecule has 1 aliphatic rings. The molecule has 0 spiro atoms. The van der Waals surface area contributed by atoms with E-state index in [1.165, 1.54) is 6.42 Å². The highest BCUT2D eigenvalue weighted by molar-refractivity contribution is 4.95. The van der Waals surface area contributed by atoms with Crippen molar-refractivity contribution in [2.45, 2.75) is 59.2 Å². The summed E-state index contributed by atoms with van der Waals surface area (Å²) < 4.78 is 7.59. The second-order valence-corrected chi connectivity index (χ2v) is 5.76. The quantitative estimate of drug-likeness (QED) is 0.855. The van der Waals surface area contributed by atoms with Crippen molar-refractivity contribution in [1.29, 1.82) is 0 Å². The van der Waals surface area contributed by atoms with Gasteiger partial charge in [-0.2, -0.15) is 5.10 Å². The lowest BCUT2D eigenvalue weighted by molar-refractivity contribution is 0.150. The van der Waals surface area contributed by atoms with Gasteiger partial charge in [0.05, 0.1) is 12.6 Å². The zero-order chi connectivity index (χ0) is 15.0. The van der Waals surface area contributed by atoms with Gasteiger partial charge in [0, 0.05) is 13.0 Å². The molecule has 7 nitrogen and oxygen atoms in total. The molecule has 21 heavy (non-hydrogen) atoms. The molecule has 0 aliphatic carbocycles. The van der Waals surface area contributed by atoms with Crippen LogP contribution in [0, 0.1) is 20.8 Å². The minimum absolute atomic E-state index is 0.142. The lowest BCUT2D eigenvalue weighted by atomic mass is 10.2. The molecule has 114 valence electrons. The topological polar surface area (TPSA) is 72.9 Å². The summed E-state index contributed by atoms with van der Waals surface area (Å²) >= 11 is 0. The Morgan fingerprint density at radius 2 is 2.10 bits per heavy atom. The Hall–Kier alpha value is -1.76. The second kappa shape index (κ2) is 5.55. The SMILES string of the molecule is Cc1nc(C)n(CC2CCCN2C(C)c2nnc(C)o2)n1. The molecule has 7 heteroatoms. The Kier molecular flexibility index (Phi) is 3.75. The van der Waals surface area contributed by atoms with Crippen LogP contribution in [0.4, 0.5) is 0 Å². The van der Waals surface area contributed by atoms with Crippen molar-refractivity contribution >= 4 is 0 Å². The van der Waals surface area contributed by atoms with Gasteiger partial charge in [-0.3, -0.25) is 4.90 Å². The van der Waals surface area contributed by atoms with E-state index in [0.29, 0.717) is 17.8 Å². The Labute approximate surface area is 124 Å². The monoisotopic (exact) mass is 290 g/mol. The van der Waals surface area contributed by atoms with Gasteiger partial charge >= 0.3 is 0 Å². The molecule has 1 fully saturated rings. The molecule has 0 saturated carbocycles. The van der Waals surface area contributed by atoms with Crippen molar-refractivity contribution in [3.05, 3.63) is 23.4 Å². The van der Waals surface area contributed by atoms with Crippen molar-refractivity contribution < 1.29 is 4.42 Å². The number of likely N-dealkylation sites (tertiary alicyclic amines) is 1. The van der Waals surface area contributed by atoms with Gasteiger partial charge < -0.3 is 4.42 Å². The van der Waals surface area contributed by atoms with E-state index in [1.807, 2.05) is 25.5 Å². The zero-order valence-corrected chi connectivity index (χ0v) is 13.1. The molecule has 0 bridgehead atoms. The first-order chi connectivity index (χ1) is 10.0. The number of hydrogen-bond donors (Lipinski definition) is 0. The zero-order valence-electron chi connectivity index (χ0n) is 13.1. The van der Waals surface area contributed by atoms with Gasteiger partial charge in [-0.15, -0.1) is 10.2 Å². The van der Waals surface area contributed by atoms with Crippen LogP contribution in [0.2, 0.25) is 0 Å². The fourth-order valence-electron chi connectivity index (χ4n) is 3.12. The van der Waals surface area contributed by atoms with Gasteiger partial charge in [0.2, 0.25) is 11.8 Å². The highest BCUT2D eigenvalue weighted by atomic mass is 16.4. The fourth-order valence-corrected chi connectivity index (χ4v) is 3.12. The van der Waals surface area contributed by atoms with Gasteiger partial charge in [-0.25, -0.2) is 9.67 Å². The van der Waals surface area contributed by atoms with Crippen molar-refractivity contribution in [2.75, 3.05) is 6.54 Å². The molecule has 2 aromatic heterocycles. The molecule has 2 unspecified atom stereocenters. The van der Waals surface area contributed by atoms with Gasteiger partial charge in [0.1, 0.15) is 11.6 Å². The van der Waals surface area contributed by atoms with Crippen molar-refractivity contribution in [3.63, 3.8) is 0 Å². The first kappa shape index (κ1) is 14.2. The molecule has 0 N–H and O–H groups in total. The van der Waals surface area contributed by atoms with E-state index in [2.05, 4.69) is 32.1 Å². The van der Waals surface area contributed by atoms with Crippen LogP contribution in [0.3, 0.4) is 0 Å². The average Bonchev–Trinajstić information content (AvgIpc) is 3.12. The van der Waals surface area contributed by atoms with E-state index in [1.54, 1.807) is 0 Å². The lowest BCUT2D eigenvalue weighted by Crippen LogP contribution is -2.35. The van der Waals surface area contributed by atoms with Gasteiger partial charge in [0.25, 0.3) is 0 Å². The fraction of sp³-hybridized carbons (Fsp3) is 0.714. The van der Waals surface area contributed by atoms with E-state index < -0.39 is 0 Å². The van der Waals surface area contributed by atoms with E-state index in [0.717, 1.165) is 31.2 Å². The summed E-state index contributed by atoms with van der Waals surface area (Å²) in [6, 6.07) is 0.579. The molecule has 1 saturated heterocycles. The number of aryl methyl sites for hydroxylation is 3. The van der Waals surface area contributed by atoms with Crippen LogP contribution in [0.25, 0.3) is 0 Å². The second-order valence-electron chi connectivity index (χ2n) is 5.76. The summed E-state index contributed by atoms with van der Waals surface area (Å²) in [6.07, 6.45) is 2.35. The maximum Gasteiger partial charge on any atom is 0.233 e. The summed E-state index contributed by atoms with van der Waals surface area (Å²) in [5, 5.41) is 12.6. The third-order valence-electron chi connectivity index (χ3n) is 4.17. The molecular weight excluding hydrogens is 268 g/mol. The van der Waals surface area contributed by atoms with Crippen molar-refractivity contribution in [1.82, 2.24) is 29.9 Å². The Bertz CT molecular complexity index is 619. The minimum Gasteiger partial charge on any atom is -0.424 e. The Morgan fingerprint density at radius 1 is 1.29 bits per heavy atom. The van der Waals surface area contributed by atoms with Crippen LogP contribution < -0.4 is 0 Å². The first-order valence-corrected chi connectivity index (χ1v) is 7.48. The summed E-state index contributed by atoms with van der Waals surface area (Å²) in [4.78, 5) is 6.81. The minimum atomic E-state index is 0.142. The standard InChI is InChI=1S/C14H22N6O/c1-9(14-17-16-12(4)21-14)19-7-5-6-13(19)8-20-11(3)15-10(2)18-20/h9,13H,5-8H2,1-4H3. The van der Waals surface area contributed by atoms with Crippen LogP contribution >= 0.6 is 0 Å². The summed E-state index contributed by atoms with van der Waals surface area (Å²) in [5.41, 5.74) is 0. The third-order valence-corrected chi connectivity index (χ3v) is 4.17. The highest BCUT2D eigenvalue weighted by Gasteiger charge is 2.32. The van der Waals surface area contributed by atoms with E-state index >= 15 is 0 Å². The summed E-state index contributed by atoms with van der Waals surface area (Å²) in [7, 11) is 0. The normalized spacial score (nSPS) is 21.0. The first-order valence-electron chi connectivity index (χ1n) is 7.48. The van der Waals surface area contributed by atoms with E-state index in [4.69, 9.17) is 4.42 Å². The van der Waals surface area contributed by atoms with E-state index in [-0.39, 0.29) is 6.04 Å². The predicted octanol–water partition coefficient (Wildman–Crippen LogP) is 1.81. The average molecular weight is 290 g/mol. The number of hydrogen-bond acceptors (Lipinski definition) is 6. The van der Waals surface area contributed by atoms with Gasteiger partial charge in [-0.05, 0) is 40.2 Å². The van der Waals surface area contributed by atoms with Crippen LogP contribution in [-0.4, -0.2) is 42.4 Å². The number of nitrogens with zero attached hydrogens (tertiary/aromatic N) is 6. The maximum atomic E-state index is 5.59. The van der Waals surface area contributed by atoms with Crippen LogP contribution in [0.15, 0.2) is 4.42 Å². The van der Waals surface area contributed by atoms with Gasteiger partial charge in [-0.1, -0.05) is 0 Å². The van der Waals surface area contributed by atoms with Crippen molar-refractivity contribution in [3.8, 4) is 0 Å². The van der Waals surface area contributed by atoms with Gasteiger partial charge in [0.15, 0.2) is 0 Å². The molecule has 3 heterocycles. The molecule has 0 aromatic carbocycles. The largest absolute Gasteiger partial charge is 0.424 e. The molecule has 2 aromatic rings. The summed E-state index contributed by atoms with van der Waals surface area (Å²) in [5.74, 6) is 3.12. The third kappa shape index (κ3) is 2.83. The molecule has 0 radical (unpaired) electrons. The van der Waals surface area contributed by atoms with Crippen LogP contribution in [0.1, 0.15) is 49.2 Å². The molecule has 2 atom stereocenters. The highest BCUT2D eigenvalue weighted by Crippen LogP contribution is 2.29. The molecule has 0 amide bonds. The Morgan fingerprint density at radius 3 is 2.71 bits per heavy atom. The smallest absolute Gasteiger partial charge is 0.233 e. The molecule has 1 aliphatic heterocycles. The van der Waals surface area contributed by atoms with E-state index in [9.17, 15) is 0 Å².